The number of para-hydroxylation sites is 1. The Labute approximate surface area is 289 Å². The minimum Gasteiger partial charge on any atom is -0.507 e. The molecule has 5 aliphatic rings. The fourth-order valence-corrected chi connectivity index (χ4v) is 8.68. The van der Waals surface area contributed by atoms with Gasteiger partial charge in [0.1, 0.15) is 17.2 Å². The number of nitrogens with two attached hydrogens (primary N) is 2. The Kier molecular flexibility index (Phi) is 8.48. The van der Waals surface area contributed by atoms with E-state index in [9.17, 15) is 9.90 Å². The third-order valence-electron chi connectivity index (χ3n) is 11.4. The minimum absolute atomic E-state index is 0.0163. The van der Waals surface area contributed by atoms with E-state index in [2.05, 4.69) is 33.2 Å². The largest absolute Gasteiger partial charge is 0.507 e. The van der Waals surface area contributed by atoms with Gasteiger partial charge in [0.05, 0.1) is 5.60 Å². The predicted octanol–water partition coefficient (Wildman–Crippen LogP) is 4.40. The number of phenolic OH excluding ortho intramolecular Hbond substituents is 1. The molecule has 5 heterocycles. The second-order valence-electron chi connectivity index (χ2n) is 15.7. The summed E-state index contributed by atoms with van der Waals surface area (Å²) in [5.41, 5.74) is 17.5. The molecule has 1 aromatic carbocycles. The Hall–Kier alpha value is -4.00. The van der Waals surface area contributed by atoms with Crippen LogP contribution in [-0.2, 0) is 15.9 Å². The number of methoxy groups -OCH3 is 1. The standard InChI is InChI=1S/C37H52N8O4/c1-23-31-27(16-28(38)26-8-6-7-9-30(26)46)32(39)42-29(31)10-13-45(23)33-40-19-24(20-41-33)37(48-5)11-14-43(15-12-37)25-17-36(18-25)21-44(22-36)34(47)49-35(2,3)4/h6-9,16,19-20,23,25,33,40,42,46H,10-15,17-18,21-22,38-39H2,1-5H3/b28-16-. The number of hydrogen-bond donors (Lipinski definition) is 5. The van der Waals surface area contributed by atoms with Crippen molar-refractivity contribution < 1.29 is 19.4 Å². The third kappa shape index (κ3) is 6.19. The van der Waals surface area contributed by atoms with Crippen LogP contribution >= 0.6 is 0 Å². The number of amides is 1. The summed E-state index contributed by atoms with van der Waals surface area (Å²) in [4.78, 5) is 27.6. The number of carbonyl (C=O) groups excluding carboxylic acids is 1. The number of benzene rings is 1. The first kappa shape index (κ1) is 33.5. The molecule has 2 aromatic rings. The van der Waals surface area contributed by atoms with Crippen LogP contribution in [-0.4, -0.2) is 100 Å². The molecule has 1 amide bonds. The van der Waals surface area contributed by atoms with E-state index in [4.69, 9.17) is 25.9 Å². The highest BCUT2D eigenvalue weighted by Gasteiger charge is 2.56. The Bertz CT molecular complexity index is 1670. The molecule has 2 atom stereocenters. The number of likely N-dealkylation sites (tertiary alicyclic amines) is 2. The molecule has 2 unspecified atom stereocenters. The van der Waals surface area contributed by atoms with E-state index in [0.717, 1.165) is 87.2 Å². The number of carbonyl (C=O) groups is 1. The van der Waals surface area contributed by atoms with Crippen molar-refractivity contribution >= 4 is 29.9 Å². The van der Waals surface area contributed by atoms with Crippen molar-refractivity contribution in [1.29, 1.82) is 0 Å². The van der Waals surface area contributed by atoms with E-state index in [1.165, 1.54) is 0 Å². The number of nitrogen functional groups attached to an aromatic ring is 1. The zero-order chi connectivity index (χ0) is 34.7. The SMILES string of the molecule is COC1(C2=CNC(N3CCc4[nH]c(N)c(/C=C(\N)c5ccccc5O)c4C3C)N=C2)CCN(C2CC3(C2)CN(C(=O)OC(C)(C)C)C3)CC1. The van der Waals surface area contributed by atoms with Gasteiger partial charge < -0.3 is 46.1 Å². The maximum Gasteiger partial charge on any atom is 0.410 e. The summed E-state index contributed by atoms with van der Waals surface area (Å²) >= 11 is 0. The number of piperidine rings is 1. The maximum absolute atomic E-state index is 12.4. The van der Waals surface area contributed by atoms with Gasteiger partial charge in [-0.25, -0.2) is 4.79 Å². The van der Waals surface area contributed by atoms with Gasteiger partial charge in [-0.05, 0) is 77.2 Å². The highest BCUT2D eigenvalue weighted by atomic mass is 16.6. The first-order valence-corrected chi connectivity index (χ1v) is 17.6. The van der Waals surface area contributed by atoms with Crippen LogP contribution in [0.4, 0.5) is 10.6 Å². The number of aromatic amines is 1. The van der Waals surface area contributed by atoms with Crippen LogP contribution < -0.4 is 16.8 Å². The lowest BCUT2D eigenvalue weighted by atomic mass is 9.60. The molecule has 1 saturated carbocycles. The number of hydrogen-bond acceptors (Lipinski definition) is 10. The molecule has 264 valence electrons. The topological polar surface area (TPSA) is 158 Å². The van der Waals surface area contributed by atoms with E-state index >= 15 is 0 Å². The number of aromatic nitrogens is 1. The van der Waals surface area contributed by atoms with Gasteiger partial charge in [0.2, 0.25) is 0 Å². The maximum atomic E-state index is 12.4. The van der Waals surface area contributed by atoms with Crippen molar-refractivity contribution in [3.8, 4) is 5.75 Å². The molecule has 1 spiro atoms. The number of rotatable bonds is 6. The molecule has 12 heteroatoms. The minimum atomic E-state index is -0.459. The second kappa shape index (κ2) is 12.4. The van der Waals surface area contributed by atoms with E-state index in [-0.39, 0.29) is 35.2 Å². The fraction of sp³-hybridized carbons (Fsp3) is 0.568. The zero-order valence-corrected chi connectivity index (χ0v) is 29.5. The number of anilines is 1. The first-order valence-electron chi connectivity index (χ1n) is 17.6. The van der Waals surface area contributed by atoms with Gasteiger partial charge in [0.25, 0.3) is 0 Å². The van der Waals surface area contributed by atoms with Crippen molar-refractivity contribution in [1.82, 2.24) is 25.0 Å². The van der Waals surface area contributed by atoms with Crippen LogP contribution in [0.25, 0.3) is 11.8 Å². The van der Waals surface area contributed by atoms with Crippen LogP contribution in [0.15, 0.2) is 41.0 Å². The number of nitrogens with zero attached hydrogens (tertiary/aromatic N) is 4. The van der Waals surface area contributed by atoms with Crippen LogP contribution in [0, 0.1) is 5.41 Å². The van der Waals surface area contributed by atoms with Gasteiger partial charge in [0, 0.05) is 104 Å². The molecular weight excluding hydrogens is 620 g/mol. The number of ether oxygens (including phenoxy) is 2. The lowest BCUT2D eigenvalue weighted by Crippen LogP contribution is -2.68. The Morgan fingerprint density at radius 2 is 1.86 bits per heavy atom. The lowest BCUT2D eigenvalue weighted by molar-refractivity contribution is -0.121. The van der Waals surface area contributed by atoms with E-state index in [1.54, 1.807) is 18.2 Å². The normalized spacial score (nSPS) is 25.6. The highest BCUT2D eigenvalue weighted by molar-refractivity contribution is 5.86. The Balaban J connectivity index is 0.952. The van der Waals surface area contributed by atoms with Crippen molar-refractivity contribution in [2.75, 3.05) is 45.6 Å². The molecule has 7 N–H and O–H groups in total. The van der Waals surface area contributed by atoms with Crippen molar-refractivity contribution in [2.24, 2.45) is 16.1 Å². The first-order chi connectivity index (χ1) is 23.3. The van der Waals surface area contributed by atoms with Gasteiger partial charge in [-0.1, -0.05) is 12.1 Å². The zero-order valence-electron chi connectivity index (χ0n) is 29.5. The van der Waals surface area contributed by atoms with E-state index in [0.29, 0.717) is 23.1 Å². The number of aliphatic imine (C=N–C) groups is 1. The molecule has 1 aromatic heterocycles. The van der Waals surface area contributed by atoms with Crippen LogP contribution in [0.2, 0.25) is 0 Å². The molecule has 3 fully saturated rings. The average Bonchev–Trinajstić information content (AvgIpc) is 3.34. The summed E-state index contributed by atoms with van der Waals surface area (Å²) in [5, 5.41) is 13.9. The molecule has 49 heavy (non-hydrogen) atoms. The van der Waals surface area contributed by atoms with Gasteiger partial charge in [-0.15, -0.1) is 0 Å². The van der Waals surface area contributed by atoms with Gasteiger partial charge in [-0.3, -0.25) is 9.89 Å². The second-order valence-corrected chi connectivity index (χ2v) is 15.7. The monoisotopic (exact) mass is 672 g/mol. The van der Waals surface area contributed by atoms with Crippen LogP contribution in [0.3, 0.4) is 0 Å². The number of nitrogens with one attached hydrogen (secondary N) is 2. The summed E-state index contributed by atoms with van der Waals surface area (Å²) in [6, 6.07) is 7.63. The smallest absolute Gasteiger partial charge is 0.410 e. The quantitative estimate of drug-likeness (QED) is 0.300. The number of aromatic hydroxyl groups is 1. The van der Waals surface area contributed by atoms with Gasteiger partial charge in [-0.2, -0.15) is 0 Å². The summed E-state index contributed by atoms with van der Waals surface area (Å²) < 4.78 is 11.8. The average molecular weight is 673 g/mol. The number of H-pyrrole nitrogens is 1. The Morgan fingerprint density at radius 3 is 2.49 bits per heavy atom. The molecule has 1 aliphatic carbocycles. The summed E-state index contributed by atoms with van der Waals surface area (Å²) in [6.45, 7) is 12.3. The molecule has 7 rings (SSSR count). The molecule has 0 bridgehead atoms. The molecule has 0 radical (unpaired) electrons. The van der Waals surface area contributed by atoms with Gasteiger partial charge in [0.15, 0.2) is 6.29 Å². The van der Waals surface area contributed by atoms with Gasteiger partial charge >= 0.3 is 6.09 Å². The van der Waals surface area contributed by atoms with Crippen molar-refractivity contribution in [2.45, 2.75) is 89.4 Å². The third-order valence-corrected chi connectivity index (χ3v) is 11.4. The summed E-state index contributed by atoms with van der Waals surface area (Å²) in [5.74, 6) is 0.704. The molecule has 12 nitrogen and oxygen atoms in total. The highest BCUT2D eigenvalue weighted by Crippen LogP contribution is 2.51. The Morgan fingerprint density at radius 1 is 1.14 bits per heavy atom. The van der Waals surface area contributed by atoms with Crippen LogP contribution in [0.5, 0.6) is 5.75 Å². The van der Waals surface area contributed by atoms with E-state index in [1.807, 2.05) is 51.1 Å². The van der Waals surface area contributed by atoms with Crippen LogP contribution in [0.1, 0.15) is 81.8 Å². The molecule has 4 aliphatic heterocycles. The van der Waals surface area contributed by atoms with Crippen molar-refractivity contribution in [3.63, 3.8) is 0 Å². The predicted molar refractivity (Wildman–Crippen MR) is 192 cm³/mol. The lowest BCUT2D eigenvalue weighted by Gasteiger charge is -2.61. The molecular formula is C37H52N8O4. The van der Waals surface area contributed by atoms with Crippen molar-refractivity contribution in [3.05, 3.63) is 58.4 Å². The number of fused-ring (bicyclic) bond motifs is 1. The number of phenols is 1. The summed E-state index contributed by atoms with van der Waals surface area (Å²) in [7, 11) is 1.81. The molecule has 2 saturated heterocycles. The summed E-state index contributed by atoms with van der Waals surface area (Å²) in [6.07, 6.45) is 10.4. The van der Waals surface area contributed by atoms with E-state index < -0.39 is 5.60 Å². The fourth-order valence-electron chi connectivity index (χ4n) is 8.68.